The number of rotatable bonds is 5. The van der Waals surface area contributed by atoms with Crippen LogP contribution in [-0.4, -0.2) is 22.3 Å². The molecule has 150 valence electrons. The number of carbonyl (C=O) groups excluding carboxylic acids is 1. The number of esters is 1. The molecule has 0 radical (unpaired) electrons. The SMILES string of the molecule is O=C(Cn1c(=O)oc2cc([N+](=O)[O-])ccc21)OCc1cc(F)cc2c1OCOC2. The molecule has 11 heteroatoms. The first-order chi connectivity index (χ1) is 13.9. The zero-order valence-corrected chi connectivity index (χ0v) is 14.8. The molecule has 2 heterocycles. The van der Waals surface area contributed by atoms with E-state index in [2.05, 4.69) is 0 Å². The predicted octanol–water partition coefficient (Wildman–Crippen LogP) is 2.25. The van der Waals surface area contributed by atoms with Crippen LogP contribution in [0, 0.1) is 15.9 Å². The fourth-order valence-electron chi connectivity index (χ4n) is 3.02. The molecule has 0 saturated carbocycles. The second kappa shape index (κ2) is 7.36. The summed E-state index contributed by atoms with van der Waals surface area (Å²) in [5.41, 5.74) is 0.768. The Morgan fingerprint density at radius 1 is 1.31 bits per heavy atom. The zero-order chi connectivity index (χ0) is 20.5. The molecular formula is C18H13FN2O8. The van der Waals surface area contributed by atoms with Gasteiger partial charge in [-0.05, 0) is 18.2 Å². The Morgan fingerprint density at radius 3 is 2.93 bits per heavy atom. The van der Waals surface area contributed by atoms with Crippen LogP contribution in [-0.2, 0) is 34.0 Å². The van der Waals surface area contributed by atoms with E-state index in [4.69, 9.17) is 18.6 Å². The van der Waals surface area contributed by atoms with Gasteiger partial charge in [-0.25, -0.2) is 9.18 Å². The van der Waals surface area contributed by atoms with Crippen LogP contribution in [0.25, 0.3) is 11.1 Å². The molecular weight excluding hydrogens is 391 g/mol. The van der Waals surface area contributed by atoms with Gasteiger partial charge in [-0.2, -0.15) is 0 Å². The summed E-state index contributed by atoms with van der Waals surface area (Å²) >= 11 is 0. The number of benzene rings is 2. The Morgan fingerprint density at radius 2 is 2.14 bits per heavy atom. The molecule has 3 aromatic rings. The van der Waals surface area contributed by atoms with Gasteiger partial charge in [0.1, 0.15) is 24.7 Å². The quantitative estimate of drug-likeness (QED) is 0.360. The first-order valence-electron chi connectivity index (χ1n) is 8.37. The average Bonchev–Trinajstić information content (AvgIpc) is 3.00. The number of nitro groups is 1. The van der Waals surface area contributed by atoms with Gasteiger partial charge in [-0.3, -0.25) is 19.5 Å². The van der Waals surface area contributed by atoms with E-state index in [1.165, 1.54) is 24.3 Å². The Labute approximate surface area is 161 Å². The normalized spacial score (nSPS) is 13.0. The van der Waals surface area contributed by atoms with Crippen LogP contribution in [0.4, 0.5) is 10.1 Å². The molecule has 0 bridgehead atoms. The molecule has 1 aromatic heterocycles. The second-order valence-corrected chi connectivity index (χ2v) is 6.19. The van der Waals surface area contributed by atoms with Crippen molar-refractivity contribution in [1.82, 2.24) is 4.57 Å². The van der Waals surface area contributed by atoms with E-state index >= 15 is 0 Å². The topological polar surface area (TPSA) is 123 Å². The summed E-state index contributed by atoms with van der Waals surface area (Å²) in [5, 5.41) is 10.8. The third-order valence-corrected chi connectivity index (χ3v) is 4.29. The van der Waals surface area contributed by atoms with Crippen molar-refractivity contribution in [3.8, 4) is 5.75 Å². The molecule has 0 fully saturated rings. The number of oxazole rings is 1. The Bertz CT molecular complexity index is 1180. The predicted molar refractivity (Wildman–Crippen MR) is 93.6 cm³/mol. The van der Waals surface area contributed by atoms with Gasteiger partial charge in [0.05, 0.1) is 23.1 Å². The summed E-state index contributed by atoms with van der Waals surface area (Å²) in [4.78, 5) is 34.4. The fraction of sp³-hybridized carbons (Fsp3) is 0.222. The molecule has 0 spiro atoms. The standard InChI is InChI=1S/C18H13FN2O8/c19-12-3-10-7-26-9-28-17(10)11(4-12)8-27-16(22)6-20-14-2-1-13(21(24)25)5-15(14)29-18(20)23/h1-5H,6-9H2. The maximum Gasteiger partial charge on any atom is 0.420 e. The van der Waals surface area contributed by atoms with E-state index in [0.29, 0.717) is 16.9 Å². The molecule has 0 atom stereocenters. The largest absolute Gasteiger partial charge is 0.467 e. The van der Waals surface area contributed by atoms with Gasteiger partial charge in [0.25, 0.3) is 5.69 Å². The summed E-state index contributed by atoms with van der Waals surface area (Å²) in [6.45, 7) is -0.571. The third kappa shape index (κ3) is 3.67. The minimum Gasteiger partial charge on any atom is -0.467 e. The summed E-state index contributed by atoms with van der Waals surface area (Å²) < 4.78 is 35.3. The molecule has 0 amide bonds. The lowest BCUT2D eigenvalue weighted by Gasteiger charge is -2.20. The number of non-ortho nitro benzene ring substituents is 1. The molecule has 10 nitrogen and oxygen atoms in total. The highest BCUT2D eigenvalue weighted by Gasteiger charge is 2.20. The van der Waals surface area contributed by atoms with Crippen molar-refractivity contribution in [2.75, 3.05) is 6.79 Å². The second-order valence-electron chi connectivity index (χ2n) is 6.19. The van der Waals surface area contributed by atoms with Crippen molar-refractivity contribution in [3.05, 3.63) is 67.9 Å². The third-order valence-electron chi connectivity index (χ3n) is 4.29. The van der Waals surface area contributed by atoms with Crippen LogP contribution in [0.5, 0.6) is 5.75 Å². The minimum absolute atomic E-state index is 0.00210. The molecule has 29 heavy (non-hydrogen) atoms. The highest BCUT2D eigenvalue weighted by molar-refractivity contribution is 5.78. The van der Waals surface area contributed by atoms with Crippen molar-refractivity contribution >= 4 is 22.8 Å². The highest BCUT2D eigenvalue weighted by Crippen LogP contribution is 2.30. The Hall–Kier alpha value is -3.73. The number of hydrogen-bond acceptors (Lipinski definition) is 8. The molecule has 0 aliphatic carbocycles. The molecule has 0 N–H and O–H groups in total. The summed E-state index contributed by atoms with van der Waals surface area (Å²) in [7, 11) is 0. The lowest BCUT2D eigenvalue weighted by atomic mass is 10.1. The van der Waals surface area contributed by atoms with Crippen LogP contribution in [0.15, 0.2) is 39.5 Å². The van der Waals surface area contributed by atoms with E-state index < -0.39 is 29.0 Å². The van der Waals surface area contributed by atoms with Crippen LogP contribution < -0.4 is 10.5 Å². The molecule has 0 unspecified atom stereocenters. The zero-order valence-electron chi connectivity index (χ0n) is 14.8. The minimum atomic E-state index is -0.860. The van der Waals surface area contributed by atoms with E-state index in [9.17, 15) is 24.1 Å². The van der Waals surface area contributed by atoms with Gasteiger partial charge in [0.15, 0.2) is 12.4 Å². The maximum absolute atomic E-state index is 13.7. The Balaban J connectivity index is 1.51. The monoisotopic (exact) mass is 404 g/mol. The lowest BCUT2D eigenvalue weighted by Crippen LogP contribution is -2.22. The first-order valence-corrected chi connectivity index (χ1v) is 8.37. The molecule has 1 aliphatic heterocycles. The number of aromatic nitrogens is 1. The van der Waals surface area contributed by atoms with Gasteiger partial charge in [-0.15, -0.1) is 0 Å². The van der Waals surface area contributed by atoms with Crippen molar-refractivity contribution < 1.29 is 32.7 Å². The van der Waals surface area contributed by atoms with Gasteiger partial charge < -0.3 is 18.6 Å². The smallest absolute Gasteiger partial charge is 0.420 e. The van der Waals surface area contributed by atoms with Gasteiger partial charge in [-0.1, -0.05) is 0 Å². The summed E-state index contributed by atoms with van der Waals surface area (Å²) in [5.74, 6) is -1.77. The summed E-state index contributed by atoms with van der Waals surface area (Å²) in [6, 6.07) is 6.06. The molecule has 2 aromatic carbocycles. The van der Waals surface area contributed by atoms with Crippen molar-refractivity contribution in [3.63, 3.8) is 0 Å². The van der Waals surface area contributed by atoms with E-state index in [1.54, 1.807) is 0 Å². The average molecular weight is 404 g/mol. The number of ether oxygens (including phenoxy) is 3. The molecule has 4 rings (SSSR count). The van der Waals surface area contributed by atoms with Crippen LogP contribution in [0.2, 0.25) is 0 Å². The van der Waals surface area contributed by atoms with E-state index in [0.717, 1.165) is 10.6 Å². The van der Waals surface area contributed by atoms with E-state index in [1.807, 2.05) is 0 Å². The number of fused-ring (bicyclic) bond motifs is 2. The number of nitrogens with zero attached hydrogens (tertiary/aromatic N) is 2. The van der Waals surface area contributed by atoms with Gasteiger partial charge in [0, 0.05) is 17.2 Å². The van der Waals surface area contributed by atoms with E-state index in [-0.39, 0.29) is 36.8 Å². The molecule has 1 aliphatic rings. The van der Waals surface area contributed by atoms with Gasteiger partial charge in [0.2, 0.25) is 0 Å². The number of carbonyl (C=O) groups is 1. The van der Waals surface area contributed by atoms with Crippen molar-refractivity contribution in [2.45, 2.75) is 19.8 Å². The Kier molecular flexibility index (Phi) is 4.72. The van der Waals surface area contributed by atoms with Crippen LogP contribution >= 0.6 is 0 Å². The van der Waals surface area contributed by atoms with Crippen molar-refractivity contribution in [1.29, 1.82) is 0 Å². The van der Waals surface area contributed by atoms with Crippen LogP contribution in [0.1, 0.15) is 11.1 Å². The van der Waals surface area contributed by atoms with Crippen LogP contribution in [0.3, 0.4) is 0 Å². The summed E-state index contributed by atoms with van der Waals surface area (Å²) in [6.07, 6.45) is 0. The number of hydrogen-bond donors (Lipinski definition) is 0. The fourth-order valence-corrected chi connectivity index (χ4v) is 3.02. The number of nitro benzene ring substituents is 1. The highest BCUT2D eigenvalue weighted by atomic mass is 19.1. The first kappa shape index (κ1) is 18.6. The number of halogens is 1. The lowest BCUT2D eigenvalue weighted by molar-refractivity contribution is -0.384. The maximum atomic E-state index is 13.7. The molecule has 0 saturated heterocycles. The van der Waals surface area contributed by atoms with Gasteiger partial charge >= 0.3 is 11.7 Å². The van der Waals surface area contributed by atoms with Crippen molar-refractivity contribution in [2.24, 2.45) is 0 Å².